The lowest BCUT2D eigenvalue weighted by molar-refractivity contribution is -0.129. The molecule has 4 nitrogen and oxygen atoms in total. The predicted molar refractivity (Wildman–Crippen MR) is 47.0 cm³/mol. The van der Waals surface area contributed by atoms with Crippen LogP contribution in [-0.4, -0.2) is 28.4 Å². The summed E-state index contributed by atoms with van der Waals surface area (Å²) in [5.41, 5.74) is -0.533. The smallest absolute Gasteiger partial charge is 0.323 e. The molecule has 0 radical (unpaired) electrons. The van der Waals surface area contributed by atoms with Crippen molar-refractivity contribution in [3.8, 4) is 0 Å². The average molecular weight is 180 g/mol. The van der Waals surface area contributed by atoms with Crippen LogP contribution in [0.5, 0.6) is 0 Å². The number of nitrogens with zero attached hydrogens (tertiary/aromatic N) is 1. The third-order valence-electron chi connectivity index (χ3n) is 2.69. The zero-order valence-electron chi connectivity index (χ0n) is 7.54. The molecule has 2 fully saturated rings. The van der Waals surface area contributed by atoms with Gasteiger partial charge in [0.1, 0.15) is 5.54 Å². The Balaban J connectivity index is 2.25. The van der Waals surface area contributed by atoms with Gasteiger partial charge >= 0.3 is 6.03 Å². The van der Waals surface area contributed by atoms with Crippen molar-refractivity contribution < 1.29 is 9.59 Å². The molecular weight excluding hydrogens is 168 g/mol. The van der Waals surface area contributed by atoms with Crippen molar-refractivity contribution in [3.63, 3.8) is 0 Å². The summed E-state index contributed by atoms with van der Waals surface area (Å²) in [4.78, 5) is 24.3. The maximum absolute atomic E-state index is 11.7. The summed E-state index contributed by atoms with van der Waals surface area (Å²) < 4.78 is 0. The maximum Gasteiger partial charge on any atom is 0.325 e. The van der Waals surface area contributed by atoms with E-state index >= 15 is 0 Å². The van der Waals surface area contributed by atoms with E-state index in [9.17, 15) is 9.59 Å². The number of amides is 3. The van der Waals surface area contributed by atoms with Crippen molar-refractivity contribution in [1.29, 1.82) is 0 Å². The van der Waals surface area contributed by atoms with Crippen molar-refractivity contribution in [2.45, 2.75) is 31.3 Å². The Labute approximate surface area is 76.6 Å². The Bertz CT molecular complexity index is 294. The van der Waals surface area contributed by atoms with E-state index < -0.39 is 5.54 Å². The van der Waals surface area contributed by atoms with Crippen LogP contribution in [0.1, 0.15) is 19.8 Å². The van der Waals surface area contributed by atoms with Gasteiger partial charge in [-0.1, -0.05) is 6.08 Å². The molecule has 0 bridgehead atoms. The zero-order valence-corrected chi connectivity index (χ0v) is 7.54. The monoisotopic (exact) mass is 180 g/mol. The van der Waals surface area contributed by atoms with Crippen molar-refractivity contribution in [2.24, 2.45) is 0 Å². The highest BCUT2D eigenvalue weighted by Crippen LogP contribution is 2.41. The van der Waals surface area contributed by atoms with E-state index in [2.05, 4.69) is 11.9 Å². The predicted octanol–water partition coefficient (Wildman–Crippen LogP) is 0.645. The molecule has 3 amide bonds. The van der Waals surface area contributed by atoms with Crippen LogP contribution >= 0.6 is 0 Å². The van der Waals surface area contributed by atoms with Gasteiger partial charge in [0.25, 0.3) is 5.91 Å². The topological polar surface area (TPSA) is 49.4 Å². The molecule has 1 spiro atoms. The minimum absolute atomic E-state index is 0.0927. The van der Waals surface area contributed by atoms with Crippen molar-refractivity contribution in [1.82, 2.24) is 10.2 Å². The highest BCUT2D eigenvalue weighted by Gasteiger charge is 2.60. The van der Waals surface area contributed by atoms with Gasteiger partial charge < -0.3 is 5.32 Å². The maximum atomic E-state index is 11.7. The normalized spacial score (nSPS) is 26.1. The van der Waals surface area contributed by atoms with E-state index in [1.54, 1.807) is 13.0 Å². The van der Waals surface area contributed by atoms with E-state index in [1.807, 2.05) is 0 Å². The standard InChI is InChI=1S/C9H12N2O2/c1-3-6(2)11-7(12)9(4-5-9)10-8(11)13/h3,6H,1,4-5H2,2H3,(H,10,13). The first-order valence-electron chi connectivity index (χ1n) is 4.39. The van der Waals surface area contributed by atoms with Crippen LogP contribution < -0.4 is 5.32 Å². The van der Waals surface area contributed by atoms with Gasteiger partial charge in [-0.15, -0.1) is 6.58 Å². The van der Waals surface area contributed by atoms with Gasteiger partial charge in [-0.3, -0.25) is 9.69 Å². The van der Waals surface area contributed by atoms with Crippen LogP contribution in [0.15, 0.2) is 12.7 Å². The van der Waals surface area contributed by atoms with Crippen LogP contribution in [0.2, 0.25) is 0 Å². The van der Waals surface area contributed by atoms with E-state index in [1.165, 1.54) is 4.90 Å². The molecular formula is C9H12N2O2. The second-order valence-corrected chi connectivity index (χ2v) is 3.66. The van der Waals surface area contributed by atoms with Gasteiger partial charge in [-0.25, -0.2) is 4.79 Å². The summed E-state index contributed by atoms with van der Waals surface area (Å²) in [6.07, 6.45) is 3.15. The van der Waals surface area contributed by atoms with E-state index in [4.69, 9.17) is 0 Å². The van der Waals surface area contributed by atoms with E-state index in [-0.39, 0.29) is 18.0 Å². The molecule has 2 rings (SSSR count). The second kappa shape index (κ2) is 2.34. The summed E-state index contributed by atoms with van der Waals surface area (Å²) in [5, 5.41) is 2.71. The molecule has 2 aliphatic rings. The fourth-order valence-corrected chi connectivity index (χ4v) is 1.58. The molecule has 70 valence electrons. The van der Waals surface area contributed by atoms with Gasteiger partial charge in [0.05, 0.1) is 6.04 Å². The van der Waals surface area contributed by atoms with Crippen molar-refractivity contribution >= 4 is 11.9 Å². The van der Waals surface area contributed by atoms with Crippen LogP contribution in [-0.2, 0) is 4.79 Å². The molecule has 1 saturated carbocycles. The molecule has 1 heterocycles. The SMILES string of the molecule is C=CC(C)N1C(=O)NC2(CC2)C1=O. The highest BCUT2D eigenvalue weighted by atomic mass is 16.2. The summed E-state index contributed by atoms with van der Waals surface area (Å²) >= 11 is 0. The number of hydrogen-bond acceptors (Lipinski definition) is 2. The molecule has 1 saturated heterocycles. The van der Waals surface area contributed by atoms with E-state index in [0.717, 1.165) is 12.8 Å². The van der Waals surface area contributed by atoms with Crippen LogP contribution in [0.3, 0.4) is 0 Å². The molecule has 0 aromatic heterocycles. The molecule has 1 unspecified atom stereocenters. The van der Waals surface area contributed by atoms with Crippen LogP contribution in [0.25, 0.3) is 0 Å². The number of carbonyl (C=O) groups excluding carboxylic acids is 2. The fourth-order valence-electron chi connectivity index (χ4n) is 1.58. The summed E-state index contributed by atoms with van der Waals surface area (Å²) in [5.74, 6) is -0.0927. The quantitative estimate of drug-likeness (QED) is 0.501. The molecule has 0 aromatic rings. The number of urea groups is 1. The highest BCUT2D eigenvalue weighted by molar-refractivity contribution is 6.09. The third kappa shape index (κ3) is 0.978. The molecule has 1 aliphatic heterocycles. The first kappa shape index (κ1) is 8.29. The lowest BCUT2D eigenvalue weighted by Crippen LogP contribution is -2.38. The lowest BCUT2D eigenvalue weighted by atomic mass is 10.2. The average Bonchev–Trinajstić information content (AvgIpc) is 2.80. The Morgan fingerprint density at radius 1 is 1.62 bits per heavy atom. The number of hydrogen-bond donors (Lipinski definition) is 1. The van der Waals surface area contributed by atoms with E-state index in [0.29, 0.717) is 0 Å². The largest absolute Gasteiger partial charge is 0.325 e. The second-order valence-electron chi connectivity index (χ2n) is 3.66. The Morgan fingerprint density at radius 3 is 2.62 bits per heavy atom. The Hall–Kier alpha value is -1.32. The van der Waals surface area contributed by atoms with Crippen LogP contribution in [0.4, 0.5) is 4.79 Å². The van der Waals surface area contributed by atoms with Crippen molar-refractivity contribution in [2.75, 3.05) is 0 Å². The third-order valence-corrected chi connectivity index (χ3v) is 2.69. The molecule has 1 atom stereocenters. The number of carbonyl (C=O) groups is 2. The minimum atomic E-state index is -0.533. The number of rotatable bonds is 2. The van der Waals surface area contributed by atoms with Crippen LogP contribution in [0, 0.1) is 0 Å². The van der Waals surface area contributed by atoms with Gasteiger partial charge in [-0.05, 0) is 19.8 Å². The summed E-state index contributed by atoms with van der Waals surface area (Å²) in [6.45, 7) is 5.35. The summed E-state index contributed by atoms with van der Waals surface area (Å²) in [7, 11) is 0. The Kier molecular flexibility index (Phi) is 1.49. The lowest BCUT2D eigenvalue weighted by Gasteiger charge is -2.17. The fraction of sp³-hybridized carbons (Fsp3) is 0.556. The molecule has 4 heteroatoms. The first-order valence-corrected chi connectivity index (χ1v) is 4.39. The van der Waals surface area contributed by atoms with Gasteiger partial charge in [-0.2, -0.15) is 0 Å². The molecule has 0 aromatic carbocycles. The van der Waals surface area contributed by atoms with Gasteiger partial charge in [0.15, 0.2) is 0 Å². The molecule has 1 aliphatic carbocycles. The molecule has 1 N–H and O–H groups in total. The van der Waals surface area contributed by atoms with Crippen molar-refractivity contribution in [3.05, 3.63) is 12.7 Å². The van der Waals surface area contributed by atoms with Gasteiger partial charge in [0, 0.05) is 0 Å². The zero-order chi connectivity index (χ0) is 9.64. The minimum Gasteiger partial charge on any atom is -0.323 e. The first-order chi connectivity index (χ1) is 6.10. The Morgan fingerprint density at radius 2 is 2.23 bits per heavy atom. The number of imide groups is 1. The summed E-state index contributed by atoms with van der Waals surface area (Å²) in [6, 6.07) is -0.498. The van der Waals surface area contributed by atoms with Gasteiger partial charge in [0.2, 0.25) is 0 Å². The molecule has 13 heavy (non-hydrogen) atoms. The number of nitrogens with one attached hydrogen (secondary N) is 1.